The molecule has 1 aromatic rings. The zero-order valence-corrected chi connectivity index (χ0v) is 8.62. The first kappa shape index (κ1) is 9.16. The lowest BCUT2D eigenvalue weighted by Crippen LogP contribution is -2.68. The third-order valence-corrected chi connectivity index (χ3v) is 3.50. The summed E-state index contributed by atoms with van der Waals surface area (Å²) in [7, 11) is 0. The maximum Gasteiger partial charge on any atom is 0.123 e. The van der Waals surface area contributed by atoms with Gasteiger partial charge in [0.15, 0.2) is 0 Å². The van der Waals surface area contributed by atoms with Gasteiger partial charge in [0.25, 0.3) is 0 Å². The number of hydrogen-bond acceptors (Lipinski definition) is 2. The lowest BCUT2D eigenvalue weighted by Gasteiger charge is -2.52. The lowest BCUT2D eigenvalue weighted by atomic mass is 9.88. The average molecular weight is 206 g/mol. The Bertz CT molecular complexity index is 349. The summed E-state index contributed by atoms with van der Waals surface area (Å²) >= 11 is 0. The van der Waals surface area contributed by atoms with Crippen molar-refractivity contribution in [2.24, 2.45) is 0 Å². The topological polar surface area (TPSA) is 15.3 Å². The second kappa shape index (κ2) is 3.49. The molecule has 0 radical (unpaired) electrons. The molecule has 0 amide bonds. The van der Waals surface area contributed by atoms with Gasteiger partial charge in [0, 0.05) is 24.3 Å². The maximum atomic E-state index is 12.8. The SMILES string of the molecule is Fc1ccc(N2C[C@H]3NCCCC32)cc1. The molecular weight excluding hydrogens is 191 g/mol. The van der Waals surface area contributed by atoms with Crippen molar-refractivity contribution in [1.29, 1.82) is 0 Å². The molecule has 0 bridgehead atoms. The van der Waals surface area contributed by atoms with Gasteiger partial charge in [0.2, 0.25) is 0 Å². The number of hydrogen-bond donors (Lipinski definition) is 1. The van der Waals surface area contributed by atoms with Crippen molar-refractivity contribution < 1.29 is 4.39 Å². The van der Waals surface area contributed by atoms with Crippen molar-refractivity contribution in [3.63, 3.8) is 0 Å². The number of piperidine rings is 1. The standard InChI is InChI=1S/C12H15FN2/c13-9-3-5-10(6-4-9)15-8-11-12(15)2-1-7-14-11/h3-6,11-12,14H,1-2,7-8H2/t11-,12?/m1/s1. The van der Waals surface area contributed by atoms with Gasteiger partial charge in [-0.2, -0.15) is 0 Å². The van der Waals surface area contributed by atoms with Crippen LogP contribution in [0, 0.1) is 5.82 Å². The third kappa shape index (κ3) is 1.51. The normalized spacial score (nSPS) is 29.5. The minimum absolute atomic E-state index is 0.155. The minimum atomic E-state index is -0.155. The van der Waals surface area contributed by atoms with Crippen LogP contribution in [-0.2, 0) is 0 Å². The van der Waals surface area contributed by atoms with E-state index in [-0.39, 0.29) is 5.82 Å². The summed E-state index contributed by atoms with van der Waals surface area (Å²) in [6.07, 6.45) is 2.51. The Morgan fingerprint density at radius 1 is 1.27 bits per heavy atom. The molecular formula is C12H15FN2. The molecule has 3 heteroatoms. The molecule has 2 saturated heterocycles. The molecule has 80 valence electrons. The van der Waals surface area contributed by atoms with Gasteiger partial charge in [0.05, 0.1) is 0 Å². The van der Waals surface area contributed by atoms with Crippen molar-refractivity contribution in [2.45, 2.75) is 24.9 Å². The van der Waals surface area contributed by atoms with Crippen LogP contribution in [-0.4, -0.2) is 25.2 Å². The summed E-state index contributed by atoms with van der Waals surface area (Å²) in [5, 5.41) is 3.51. The molecule has 0 saturated carbocycles. The maximum absolute atomic E-state index is 12.8. The Balaban J connectivity index is 1.76. The van der Waals surface area contributed by atoms with E-state index >= 15 is 0 Å². The number of halogens is 1. The summed E-state index contributed by atoms with van der Waals surface area (Å²) in [5.41, 5.74) is 1.15. The first-order valence-corrected chi connectivity index (χ1v) is 5.60. The molecule has 2 fully saturated rings. The van der Waals surface area contributed by atoms with E-state index in [4.69, 9.17) is 0 Å². The van der Waals surface area contributed by atoms with Crippen molar-refractivity contribution in [1.82, 2.24) is 5.32 Å². The second-order valence-corrected chi connectivity index (χ2v) is 4.40. The van der Waals surface area contributed by atoms with E-state index in [2.05, 4.69) is 10.2 Å². The summed E-state index contributed by atoms with van der Waals surface area (Å²) in [6, 6.07) is 8.12. The van der Waals surface area contributed by atoms with E-state index in [1.165, 1.54) is 12.8 Å². The van der Waals surface area contributed by atoms with Gasteiger partial charge in [0.1, 0.15) is 5.82 Å². The fraction of sp³-hybridized carbons (Fsp3) is 0.500. The molecule has 0 aromatic heterocycles. The number of rotatable bonds is 1. The predicted octanol–water partition coefficient (Wildman–Crippen LogP) is 1.77. The highest BCUT2D eigenvalue weighted by atomic mass is 19.1. The Labute approximate surface area is 89.1 Å². The van der Waals surface area contributed by atoms with E-state index in [1.54, 1.807) is 12.1 Å². The molecule has 0 aliphatic carbocycles. The monoisotopic (exact) mass is 206 g/mol. The molecule has 15 heavy (non-hydrogen) atoms. The van der Waals surface area contributed by atoms with E-state index < -0.39 is 0 Å². The highest BCUT2D eigenvalue weighted by Gasteiger charge is 2.39. The Morgan fingerprint density at radius 3 is 2.80 bits per heavy atom. The third-order valence-electron chi connectivity index (χ3n) is 3.50. The summed E-state index contributed by atoms with van der Waals surface area (Å²) in [6.45, 7) is 2.22. The number of benzene rings is 1. The molecule has 1 N–H and O–H groups in total. The van der Waals surface area contributed by atoms with Crippen LogP contribution in [0.25, 0.3) is 0 Å². The molecule has 3 rings (SSSR count). The van der Waals surface area contributed by atoms with Crippen LogP contribution in [0.3, 0.4) is 0 Å². The van der Waals surface area contributed by atoms with Gasteiger partial charge >= 0.3 is 0 Å². The van der Waals surface area contributed by atoms with Crippen molar-refractivity contribution in [2.75, 3.05) is 18.0 Å². The van der Waals surface area contributed by atoms with Crippen LogP contribution in [0.5, 0.6) is 0 Å². The molecule has 2 nitrogen and oxygen atoms in total. The summed E-state index contributed by atoms with van der Waals surface area (Å²) < 4.78 is 12.8. The fourth-order valence-corrected chi connectivity index (χ4v) is 2.63. The van der Waals surface area contributed by atoms with Crippen LogP contribution >= 0.6 is 0 Å². The van der Waals surface area contributed by atoms with Crippen LogP contribution in [0.1, 0.15) is 12.8 Å². The quantitative estimate of drug-likeness (QED) is 0.753. The molecule has 2 atom stereocenters. The number of nitrogens with one attached hydrogen (secondary N) is 1. The molecule has 0 spiro atoms. The highest BCUT2D eigenvalue weighted by Crippen LogP contribution is 2.31. The lowest BCUT2D eigenvalue weighted by molar-refractivity contribution is 0.258. The van der Waals surface area contributed by atoms with Crippen LogP contribution in [0.2, 0.25) is 0 Å². The largest absolute Gasteiger partial charge is 0.365 e. The molecule has 2 aliphatic heterocycles. The molecule has 1 unspecified atom stereocenters. The number of anilines is 1. The zero-order chi connectivity index (χ0) is 10.3. The van der Waals surface area contributed by atoms with Gasteiger partial charge in [-0.05, 0) is 43.7 Å². The zero-order valence-electron chi connectivity index (χ0n) is 8.62. The van der Waals surface area contributed by atoms with E-state index in [0.717, 1.165) is 18.8 Å². The van der Waals surface area contributed by atoms with Crippen molar-refractivity contribution in [3.05, 3.63) is 30.1 Å². The first-order valence-electron chi connectivity index (χ1n) is 5.60. The van der Waals surface area contributed by atoms with Crippen LogP contribution in [0.4, 0.5) is 10.1 Å². The minimum Gasteiger partial charge on any atom is -0.365 e. The van der Waals surface area contributed by atoms with Gasteiger partial charge in [-0.1, -0.05) is 0 Å². The Hall–Kier alpha value is -1.09. The van der Waals surface area contributed by atoms with E-state index in [9.17, 15) is 4.39 Å². The molecule has 1 aromatic carbocycles. The van der Waals surface area contributed by atoms with Crippen LogP contribution in [0.15, 0.2) is 24.3 Å². The number of fused-ring (bicyclic) bond motifs is 1. The first-order chi connectivity index (χ1) is 7.34. The van der Waals surface area contributed by atoms with Gasteiger partial charge in [-0.15, -0.1) is 0 Å². The van der Waals surface area contributed by atoms with Gasteiger partial charge in [-0.3, -0.25) is 0 Å². The van der Waals surface area contributed by atoms with Crippen LogP contribution < -0.4 is 10.2 Å². The summed E-state index contributed by atoms with van der Waals surface area (Å²) in [5.74, 6) is -0.155. The van der Waals surface area contributed by atoms with Crippen molar-refractivity contribution in [3.8, 4) is 0 Å². The van der Waals surface area contributed by atoms with Gasteiger partial charge in [-0.25, -0.2) is 4.39 Å². The van der Waals surface area contributed by atoms with E-state index in [1.807, 2.05) is 12.1 Å². The molecule has 2 aliphatic rings. The van der Waals surface area contributed by atoms with E-state index in [0.29, 0.717) is 12.1 Å². The fourth-order valence-electron chi connectivity index (χ4n) is 2.63. The Kier molecular flexibility index (Phi) is 2.13. The summed E-state index contributed by atoms with van der Waals surface area (Å²) in [4.78, 5) is 2.37. The number of nitrogens with zero attached hydrogens (tertiary/aromatic N) is 1. The average Bonchev–Trinajstić information content (AvgIpc) is 2.23. The second-order valence-electron chi connectivity index (χ2n) is 4.40. The predicted molar refractivity (Wildman–Crippen MR) is 58.6 cm³/mol. The van der Waals surface area contributed by atoms with Gasteiger partial charge < -0.3 is 10.2 Å². The Morgan fingerprint density at radius 2 is 2.07 bits per heavy atom. The van der Waals surface area contributed by atoms with Crippen molar-refractivity contribution >= 4 is 5.69 Å². The highest BCUT2D eigenvalue weighted by molar-refractivity contribution is 5.51. The molecule has 2 heterocycles. The smallest absolute Gasteiger partial charge is 0.123 e.